The summed E-state index contributed by atoms with van der Waals surface area (Å²) in [5, 5.41) is 4.15. The van der Waals surface area contributed by atoms with Crippen LogP contribution in [-0.2, 0) is 6.54 Å². The number of nitrogens with one attached hydrogen (secondary N) is 1. The maximum absolute atomic E-state index is 3.70. The van der Waals surface area contributed by atoms with Crippen molar-refractivity contribution >= 4 is 27.7 Å². The number of benzene rings is 1. The number of rotatable bonds is 5. The minimum absolute atomic E-state index is 0.159. The molecule has 1 unspecified atom stereocenters. The zero-order valence-corrected chi connectivity index (χ0v) is 15.3. The molecule has 108 valence electrons. The molecule has 0 amide bonds. The number of hydrogen-bond acceptors (Lipinski definition) is 2. The Morgan fingerprint density at radius 3 is 2.32 bits per heavy atom. The zero-order valence-electron chi connectivity index (χ0n) is 12.9. The van der Waals surface area contributed by atoms with Gasteiger partial charge >= 0.3 is 0 Å². The molecule has 1 rings (SSSR count). The van der Waals surface area contributed by atoms with Crippen molar-refractivity contribution in [1.82, 2.24) is 5.32 Å². The summed E-state index contributed by atoms with van der Waals surface area (Å²) in [5.74, 6) is 0.694. The van der Waals surface area contributed by atoms with E-state index in [-0.39, 0.29) is 5.54 Å². The van der Waals surface area contributed by atoms with Crippen LogP contribution >= 0.6 is 27.7 Å². The highest BCUT2D eigenvalue weighted by molar-refractivity contribution is 9.10. The summed E-state index contributed by atoms with van der Waals surface area (Å²) in [4.78, 5) is 1.33. The summed E-state index contributed by atoms with van der Waals surface area (Å²) >= 11 is 5.64. The van der Waals surface area contributed by atoms with Crippen molar-refractivity contribution in [3.63, 3.8) is 0 Å². The third-order valence-electron chi connectivity index (χ3n) is 3.07. The summed E-state index contributed by atoms with van der Waals surface area (Å²) in [6.45, 7) is 14.3. The molecule has 0 aliphatic carbocycles. The largest absolute Gasteiger partial charge is 0.308 e. The summed E-state index contributed by atoms with van der Waals surface area (Å²) in [7, 11) is 0. The van der Waals surface area contributed by atoms with Crippen molar-refractivity contribution in [2.24, 2.45) is 5.92 Å². The third-order valence-corrected chi connectivity index (χ3v) is 5.52. The summed E-state index contributed by atoms with van der Waals surface area (Å²) in [5.41, 5.74) is 1.48. The minimum atomic E-state index is 0.159. The van der Waals surface area contributed by atoms with Crippen LogP contribution < -0.4 is 5.32 Å². The predicted octanol–water partition coefficient (Wildman–Crippen LogP) is 5.47. The van der Waals surface area contributed by atoms with Crippen molar-refractivity contribution < 1.29 is 0 Å². The maximum Gasteiger partial charge on any atom is 0.0314 e. The molecule has 0 bridgehead atoms. The van der Waals surface area contributed by atoms with Crippen molar-refractivity contribution in [2.45, 2.75) is 63.8 Å². The fourth-order valence-electron chi connectivity index (χ4n) is 1.45. The fourth-order valence-corrected chi connectivity index (χ4v) is 3.15. The lowest BCUT2D eigenvalue weighted by molar-refractivity contribution is 0.424. The van der Waals surface area contributed by atoms with Crippen LogP contribution in [0.2, 0.25) is 0 Å². The molecular weight excluding hydrogens is 318 g/mol. The average Bonchev–Trinajstić information content (AvgIpc) is 2.28. The van der Waals surface area contributed by atoms with Gasteiger partial charge < -0.3 is 5.32 Å². The highest BCUT2D eigenvalue weighted by atomic mass is 79.9. The van der Waals surface area contributed by atoms with Gasteiger partial charge in [-0.15, -0.1) is 11.8 Å². The molecule has 0 radical (unpaired) electrons. The first-order chi connectivity index (χ1) is 8.69. The summed E-state index contributed by atoms with van der Waals surface area (Å²) in [6.07, 6.45) is 0. The van der Waals surface area contributed by atoms with E-state index in [0.717, 1.165) is 6.54 Å². The molecule has 1 aromatic rings. The monoisotopic (exact) mass is 343 g/mol. The maximum atomic E-state index is 3.70. The normalized spacial score (nSPS) is 13.9. The first-order valence-corrected chi connectivity index (χ1v) is 8.56. The van der Waals surface area contributed by atoms with Crippen LogP contribution in [0, 0.1) is 5.92 Å². The first kappa shape index (κ1) is 17.1. The van der Waals surface area contributed by atoms with Crippen molar-refractivity contribution in [2.75, 3.05) is 0 Å². The third kappa shape index (κ3) is 6.33. The van der Waals surface area contributed by atoms with Crippen LogP contribution in [0.15, 0.2) is 27.6 Å². The molecule has 19 heavy (non-hydrogen) atoms. The van der Waals surface area contributed by atoms with Gasteiger partial charge in [-0.2, -0.15) is 0 Å². The topological polar surface area (TPSA) is 12.0 Å². The highest BCUT2D eigenvalue weighted by Crippen LogP contribution is 2.33. The molecule has 0 aliphatic rings. The Hall–Kier alpha value is 0.01000. The van der Waals surface area contributed by atoms with Gasteiger partial charge in [0.25, 0.3) is 0 Å². The Morgan fingerprint density at radius 2 is 1.84 bits per heavy atom. The predicted molar refractivity (Wildman–Crippen MR) is 90.9 cm³/mol. The van der Waals surface area contributed by atoms with E-state index in [9.17, 15) is 0 Å². The van der Waals surface area contributed by atoms with Crippen LogP contribution in [0.4, 0.5) is 0 Å². The average molecular weight is 344 g/mol. The molecule has 0 aliphatic heterocycles. The van der Waals surface area contributed by atoms with Crippen molar-refractivity contribution in [1.29, 1.82) is 0 Å². The van der Waals surface area contributed by atoms with E-state index in [4.69, 9.17) is 0 Å². The van der Waals surface area contributed by atoms with E-state index in [0.29, 0.717) is 11.2 Å². The Morgan fingerprint density at radius 1 is 1.21 bits per heavy atom. The SMILES string of the molecule is CC(C)C(C)Sc1ccc(CNC(C)(C)C)cc1Br. The molecule has 0 saturated carbocycles. The lowest BCUT2D eigenvalue weighted by Crippen LogP contribution is -2.35. The molecule has 3 heteroatoms. The Bertz CT molecular complexity index is 410. The van der Waals surface area contributed by atoms with Gasteiger partial charge in [-0.1, -0.05) is 26.8 Å². The lowest BCUT2D eigenvalue weighted by atomic mass is 10.1. The molecule has 0 fully saturated rings. The Balaban J connectivity index is 2.69. The van der Waals surface area contributed by atoms with Gasteiger partial charge in [-0.05, 0) is 60.3 Å². The van der Waals surface area contributed by atoms with Gasteiger partial charge in [0.1, 0.15) is 0 Å². The molecule has 1 atom stereocenters. The molecule has 0 spiro atoms. The van der Waals surface area contributed by atoms with Crippen LogP contribution in [0.1, 0.15) is 47.1 Å². The molecule has 0 heterocycles. The molecule has 1 nitrogen and oxygen atoms in total. The fraction of sp³-hybridized carbons (Fsp3) is 0.625. The zero-order chi connectivity index (χ0) is 14.6. The molecule has 0 saturated heterocycles. The number of thioether (sulfide) groups is 1. The Kier molecular flexibility index (Phi) is 6.41. The van der Waals surface area contributed by atoms with Crippen LogP contribution in [0.5, 0.6) is 0 Å². The van der Waals surface area contributed by atoms with Crippen molar-refractivity contribution in [3.8, 4) is 0 Å². The molecule has 0 aromatic heterocycles. The van der Waals surface area contributed by atoms with E-state index in [1.165, 1.54) is 14.9 Å². The first-order valence-electron chi connectivity index (χ1n) is 6.89. The molecule has 1 aromatic carbocycles. The number of hydrogen-bond donors (Lipinski definition) is 1. The summed E-state index contributed by atoms with van der Waals surface area (Å²) in [6, 6.07) is 6.68. The van der Waals surface area contributed by atoms with Crippen LogP contribution in [0.3, 0.4) is 0 Å². The smallest absolute Gasteiger partial charge is 0.0314 e. The van der Waals surface area contributed by atoms with Crippen LogP contribution in [0.25, 0.3) is 0 Å². The molecular formula is C16H26BrNS. The highest BCUT2D eigenvalue weighted by Gasteiger charge is 2.12. The van der Waals surface area contributed by atoms with Gasteiger partial charge in [-0.3, -0.25) is 0 Å². The van der Waals surface area contributed by atoms with E-state index in [1.54, 1.807) is 0 Å². The number of halogens is 1. The van der Waals surface area contributed by atoms with Gasteiger partial charge in [0.2, 0.25) is 0 Å². The minimum Gasteiger partial charge on any atom is -0.308 e. The van der Waals surface area contributed by atoms with Crippen molar-refractivity contribution in [3.05, 3.63) is 28.2 Å². The standard InChI is InChI=1S/C16H26BrNS/c1-11(2)12(3)19-15-8-7-13(9-14(15)17)10-18-16(4,5)6/h7-9,11-12,18H,10H2,1-6H3. The second-order valence-corrected chi connectivity index (χ2v) is 8.71. The van der Waals surface area contributed by atoms with E-state index < -0.39 is 0 Å². The van der Waals surface area contributed by atoms with Gasteiger partial charge in [0.15, 0.2) is 0 Å². The molecule has 1 N–H and O–H groups in total. The van der Waals surface area contributed by atoms with E-state index in [1.807, 2.05) is 11.8 Å². The van der Waals surface area contributed by atoms with Gasteiger partial charge in [0.05, 0.1) is 0 Å². The Labute approximate surface area is 131 Å². The second kappa shape index (κ2) is 7.14. The second-order valence-electron chi connectivity index (χ2n) is 6.44. The van der Waals surface area contributed by atoms with Gasteiger partial charge in [0, 0.05) is 26.7 Å². The lowest BCUT2D eigenvalue weighted by Gasteiger charge is -2.21. The van der Waals surface area contributed by atoms with E-state index in [2.05, 4.69) is 81.0 Å². The quantitative estimate of drug-likeness (QED) is 0.711. The summed E-state index contributed by atoms with van der Waals surface area (Å²) < 4.78 is 1.21. The van der Waals surface area contributed by atoms with Crippen LogP contribution in [-0.4, -0.2) is 10.8 Å². The van der Waals surface area contributed by atoms with Gasteiger partial charge in [-0.25, -0.2) is 0 Å². The van der Waals surface area contributed by atoms with E-state index >= 15 is 0 Å².